The fraction of sp³-hybridized carbons (Fsp3) is 0.444. The number of hydrogen-bond donors (Lipinski definition) is 1. The Balaban J connectivity index is 2.01. The highest BCUT2D eigenvalue weighted by molar-refractivity contribution is 6.26. The van der Waals surface area contributed by atoms with Crippen LogP contribution in [0.1, 0.15) is 53.4 Å². The van der Waals surface area contributed by atoms with Gasteiger partial charge in [0.2, 0.25) is 5.78 Å². The number of esters is 1. The Hall–Kier alpha value is -3.15. The Morgan fingerprint density at radius 3 is 2.61 bits per heavy atom. The van der Waals surface area contributed by atoms with E-state index >= 15 is 0 Å². The third kappa shape index (κ3) is 3.81. The Kier molecular flexibility index (Phi) is 5.81. The molecule has 1 spiro atoms. The molecule has 0 amide bonds. The van der Waals surface area contributed by atoms with Crippen molar-refractivity contribution in [1.82, 2.24) is 0 Å². The van der Waals surface area contributed by atoms with Crippen molar-refractivity contribution < 1.29 is 29.0 Å². The summed E-state index contributed by atoms with van der Waals surface area (Å²) in [4.78, 5) is 39.2. The monoisotopic (exact) mass is 450 g/mol. The van der Waals surface area contributed by atoms with Crippen molar-refractivity contribution in [3.8, 4) is 0 Å². The second-order valence-electron chi connectivity index (χ2n) is 9.60. The molecule has 1 fully saturated rings. The first-order chi connectivity index (χ1) is 15.6. The van der Waals surface area contributed by atoms with E-state index in [9.17, 15) is 19.5 Å². The maximum Gasteiger partial charge on any atom is 0.346 e. The van der Waals surface area contributed by atoms with Gasteiger partial charge in [0.15, 0.2) is 5.60 Å². The fourth-order valence-electron chi connectivity index (χ4n) is 5.35. The topological polar surface area (TPSA) is 89.9 Å². The minimum Gasteiger partial charge on any atom is -0.488 e. The summed E-state index contributed by atoms with van der Waals surface area (Å²) in [5.74, 6) is -1.99. The van der Waals surface area contributed by atoms with Crippen molar-refractivity contribution in [2.75, 3.05) is 6.61 Å². The average molecular weight is 451 g/mol. The number of carbonyl (C=O) groups is 3. The van der Waals surface area contributed by atoms with Gasteiger partial charge in [-0.15, -0.1) is 0 Å². The van der Waals surface area contributed by atoms with Crippen LogP contribution in [0.2, 0.25) is 0 Å². The lowest BCUT2D eigenvalue weighted by atomic mass is 9.60. The summed E-state index contributed by atoms with van der Waals surface area (Å²) in [5.41, 5.74) is 0.233. The van der Waals surface area contributed by atoms with Crippen molar-refractivity contribution in [3.63, 3.8) is 0 Å². The molecule has 3 atom stereocenters. The van der Waals surface area contributed by atoms with Crippen LogP contribution < -0.4 is 0 Å². The Bertz CT molecular complexity index is 1110. The summed E-state index contributed by atoms with van der Waals surface area (Å²) in [6.07, 6.45) is 13.2. The molecule has 2 aliphatic carbocycles. The molecular formula is C27H30O6. The molecule has 5 rings (SSSR count). The van der Waals surface area contributed by atoms with E-state index in [0.717, 1.165) is 29.6 Å². The predicted octanol–water partition coefficient (Wildman–Crippen LogP) is 4.75. The van der Waals surface area contributed by atoms with Gasteiger partial charge in [0.05, 0.1) is 11.0 Å². The van der Waals surface area contributed by atoms with Gasteiger partial charge in [-0.05, 0) is 63.7 Å². The van der Waals surface area contributed by atoms with Gasteiger partial charge in [-0.25, -0.2) is 9.59 Å². The summed E-state index contributed by atoms with van der Waals surface area (Å²) in [7, 11) is 0. The van der Waals surface area contributed by atoms with Crippen molar-refractivity contribution >= 4 is 17.7 Å². The lowest BCUT2D eigenvalue weighted by molar-refractivity contribution is -0.162. The highest BCUT2D eigenvalue weighted by atomic mass is 16.6. The molecule has 0 aromatic carbocycles. The molecule has 5 aliphatic rings. The van der Waals surface area contributed by atoms with Crippen LogP contribution in [0, 0.1) is 11.3 Å². The molecule has 0 aromatic heterocycles. The number of carbonyl (C=O) groups excluding carboxylic acids is 2. The first kappa shape index (κ1) is 23.0. The molecule has 1 N–H and O–H groups in total. The fourth-order valence-corrected chi connectivity index (χ4v) is 5.35. The Morgan fingerprint density at radius 2 is 1.97 bits per heavy atom. The van der Waals surface area contributed by atoms with Gasteiger partial charge in [0, 0.05) is 6.42 Å². The van der Waals surface area contributed by atoms with Crippen LogP contribution in [-0.4, -0.2) is 35.0 Å². The normalized spacial score (nSPS) is 38.8. The first-order valence-electron chi connectivity index (χ1n) is 11.4. The largest absolute Gasteiger partial charge is 0.488 e. The second-order valence-corrected chi connectivity index (χ2v) is 9.60. The summed E-state index contributed by atoms with van der Waals surface area (Å²) in [6.45, 7) is 7.95. The van der Waals surface area contributed by atoms with E-state index < -0.39 is 28.7 Å². The molecular weight excluding hydrogens is 420 g/mol. The zero-order chi connectivity index (χ0) is 24.0. The molecule has 0 radical (unpaired) electrons. The van der Waals surface area contributed by atoms with E-state index in [1.807, 2.05) is 39.0 Å². The highest BCUT2D eigenvalue weighted by Gasteiger charge is 2.64. The van der Waals surface area contributed by atoms with E-state index in [1.165, 1.54) is 0 Å². The summed E-state index contributed by atoms with van der Waals surface area (Å²) < 4.78 is 11.8. The molecule has 6 nitrogen and oxygen atoms in total. The molecule has 0 unspecified atom stereocenters. The Labute approximate surface area is 194 Å². The number of hydrogen-bond acceptors (Lipinski definition) is 5. The molecule has 4 bridgehead atoms. The smallest absolute Gasteiger partial charge is 0.346 e. The van der Waals surface area contributed by atoms with E-state index in [2.05, 4.69) is 0 Å². The molecule has 174 valence electrons. The van der Waals surface area contributed by atoms with Crippen LogP contribution in [-0.2, 0) is 23.9 Å². The third-order valence-corrected chi connectivity index (χ3v) is 7.27. The van der Waals surface area contributed by atoms with Crippen LogP contribution in [0.4, 0.5) is 0 Å². The maximum atomic E-state index is 14.0. The third-order valence-electron chi connectivity index (χ3n) is 7.27. The minimum atomic E-state index is -1.53. The summed E-state index contributed by atoms with van der Waals surface area (Å²) in [5, 5.41) is 9.98. The lowest BCUT2D eigenvalue weighted by Crippen LogP contribution is -2.53. The number of allylic oxidation sites excluding steroid dienone is 4. The van der Waals surface area contributed by atoms with Gasteiger partial charge in [-0.3, -0.25) is 4.79 Å². The number of ketones is 1. The van der Waals surface area contributed by atoms with Gasteiger partial charge in [0.1, 0.15) is 17.9 Å². The first-order valence-corrected chi connectivity index (χ1v) is 11.4. The molecule has 33 heavy (non-hydrogen) atoms. The quantitative estimate of drug-likeness (QED) is 0.371. The van der Waals surface area contributed by atoms with Gasteiger partial charge >= 0.3 is 11.9 Å². The zero-order valence-electron chi connectivity index (χ0n) is 19.6. The number of Topliss-reactive ketones (excluding diaryl/α,β-unsaturated/α-hetero) is 1. The number of aliphatic carboxylic acids is 1. The molecule has 6 heteroatoms. The van der Waals surface area contributed by atoms with Gasteiger partial charge in [-0.2, -0.15) is 0 Å². The van der Waals surface area contributed by atoms with Crippen molar-refractivity contribution in [1.29, 1.82) is 0 Å². The number of ether oxygens (including phenoxy) is 2. The van der Waals surface area contributed by atoms with Crippen molar-refractivity contribution in [2.24, 2.45) is 11.3 Å². The van der Waals surface area contributed by atoms with Crippen molar-refractivity contribution in [3.05, 3.63) is 70.1 Å². The maximum absolute atomic E-state index is 14.0. The van der Waals surface area contributed by atoms with Gasteiger partial charge in [-0.1, -0.05) is 42.4 Å². The number of rotatable bonds is 2. The SMILES string of the molecule is CC[C@H]1C[C@]23OC(=O)/C(=C4C=C/C(=C/CC/C(C)=C/C(C(=O)O)=C/[C@@]2(C)C=C1C)CO\4)C3=O. The molecule has 0 saturated carbocycles. The van der Waals surface area contributed by atoms with Crippen LogP contribution in [0.3, 0.4) is 0 Å². The summed E-state index contributed by atoms with van der Waals surface area (Å²) in [6, 6.07) is 0. The number of carboxylic acids is 1. The second kappa shape index (κ2) is 8.32. The number of carboxylic acid groups (broad SMARTS) is 1. The molecule has 1 saturated heterocycles. The standard InChI is InChI=1S/C27H30O6/c1-5-19-14-27-23(28)22(25(31)33-27)21-10-9-18(15-32-21)8-6-7-16(2)11-20(24(29)30)13-26(27,4)12-17(19)3/h8-13,19H,5-7,14-15H2,1-4H3,(H,29,30)/b16-11+,18-8-,20-13-,22-21+/t19-,26+,27+/m0/s1. The van der Waals surface area contributed by atoms with E-state index in [4.69, 9.17) is 9.47 Å². The van der Waals surface area contributed by atoms with Crippen LogP contribution >= 0.6 is 0 Å². The van der Waals surface area contributed by atoms with Gasteiger partial charge < -0.3 is 14.6 Å². The highest BCUT2D eigenvalue weighted by Crippen LogP contribution is 2.54. The Morgan fingerprint density at radius 1 is 1.21 bits per heavy atom. The summed E-state index contributed by atoms with van der Waals surface area (Å²) >= 11 is 0. The average Bonchev–Trinajstić information content (AvgIpc) is 3.01. The van der Waals surface area contributed by atoms with E-state index in [-0.39, 0.29) is 29.4 Å². The van der Waals surface area contributed by atoms with Crippen LogP contribution in [0.5, 0.6) is 0 Å². The molecule has 0 aromatic rings. The van der Waals surface area contributed by atoms with E-state index in [0.29, 0.717) is 12.8 Å². The van der Waals surface area contributed by atoms with Crippen molar-refractivity contribution in [2.45, 2.75) is 59.0 Å². The van der Waals surface area contributed by atoms with Crippen LogP contribution in [0.15, 0.2) is 70.1 Å². The number of fused-ring (bicyclic) bond motifs is 5. The lowest BCUT2D eigenvalue weighted by Gasteiger charge is -2.46. The predicted molar refractivity (Wildman–Crippen MR) is 123 cm³/mol. The van der Waals surface area contributed by atoms with Crippen LogP contribution in [0.25, 0.3) is 0 Å². The van der Waals surface area contributed by atoms with Gasteiger partial charge in [0.25, 0.3) is 0 Å². The minimum absolute atomic E-state index is 0.0394. The zero-order valence-corrected chi connectivity index (χ0v) is 19.6. The molecule has 3 heterocycles. The molecule has 3 aliphatic heterocycles. The van der Waals surface area contributed by atoms with E-state index in [1.54, 1.807) is 25.2 Å².